The van der Waals surface area contributed by atoms with E-state index in [4.69, 9.17) is 10.5 Å². The van der Waals surface area contributed by atoms with Gasteiger partial charge in [-0.1, -0.05) is 37.3 Å². The van der Waals surface area contributed by atoms with E-state index in [1.54, 1.807) is 23.7 Å². The van der Waals surface area contributed by atoms with Gasteiger partial charge in [-0.15, -0.1) is 0 Å². The van der Waals surface area contributed by atoms with Crippen LogP contribution in [0.15, 0.2) is 42.5 Å². The molecule has 0 fully saturated rings. The molecule has 26 heavy (non-hydrogen) atoms. The highest BCUT2D eigenvalue weighted by atomic mass is 16.5. The van der Waals surface area contributed by atoms with Crippen molar-refractivity contribution in [1.82, 2.24) is 10.8 Å². The number of carbonyl (C=O) groups excluding carboxylic acids is 2. The second kappa shape index (κ2) is 9.35. The number of carbonyl (C=O) groups is 2. The van der Waals surface area contributed by atoms with Crippen molar-refractivity contribution >= 4 is 11.8 Å². The number of hydrogen-bond acceptors (Lipinski definition) is 4. The Kier molecular flexibility index (Phi) is 6.89. The summed E-state index contributed by atoms with van der Waals surface area (Å²) in [7, 11) is 0. The lowest BCUT2D eigenvalue weighted by Crippen LogP contribution is -2.25. The van der Waals surface area contributed by atoms with Gasteiger partial charge in [0, 0.05) is 12.1 Å². The van der Waals surface area contributed by atoms with Crippen LogP contribution in [0.5, 0.6) is 0 Å². The number of amides is 2. The summed E-state index contributed by atoms with van der Waals surface area (Å²) >= 11 is 0. The normalized spacial score (nSPS) is 10.0. The smallest absolute Gasteiger partial charge is 0.251 e. The van der Waals surface area contributed by atoms with Crippen molar-refractivity contribution < 1.29 is 14.8 Å². The number of nitrogens with one attached hydrogen (secondary N) is 2. The zero-order chi connectivity index (χ0) is 18.9. The number of hydroxylamine groups is 1. The van der Waals surface area contributed by atoms with E-state index in [2.05, 4.69) is 12.2 Å². The summed E-state index contributed by atoms with van der Waals surface area (Å²) in [5.74, 6) is -0.864. The van der Waals surface area contributed by atoms with Crippen molar-refractivity contribution in [1.29, 1.82) is 5.26 Å². The zero-order valence-electron chi connectivity index (χ0n) is 14.6. The summed E-state index contributed by atoms with van der Waals surface area (Å²) in [6.07, 6.45) is 1.11. The van der Waals surface area contributed by atoms with E-state index in [9.17, 15) is 9.59 Å². The number of hydrogen-bond donors (Lipinski definition) is 3. The fraction of sp³-hybridized carbons (Fsp3) is 0.250. The summed E-state index contributed by atoms with van der Waals surface area (Å²) < 4.78 is 0. The molecule has 0 saturated carbocycles. The summed E-state index contributed by atoms with van der Waals surface area (Å²) in [5, 5.41) is 20.0. The van der Waals surface area contributed by atoms with Gasteiger partial charge in [0.2, 0.25) is 5.91 Å². The van der Waals surface area contributed by atoms with Crippen molar-refractivity contribution in [3.05, 3.63) is 59.2 Å². The van der Waals surface area contributed by atoms with Crippen LogP contribution in [0.3, 0.4) is 0 Å². The highest BCUT2D eigenvalue weighted by molar-refractivity contribution is 5.95. The van der Waals surface area contributed by atoms with Gasteiger partial charge in [0.1, 0.15) is 0 Å². The van der Waals surface area contributed by atoms with Crippen LogP contribution in [-0.2, 0) is 17.6 Å². The largest absolute Gasteiger partial charge is 0.351 e. The van der Waals surface area contributed by atoms with Crippen LogP contribution >= 0.6 is 0 Å². The van der Waals surface area contributed by atoms with Crippen molar-refractivity contribution in [2.45, 2.75) is 26.2 Å². The third kappa shape index (κ3) is 4.91. The van der Waals surface area contributed by atoms with Crippen LogP contribution in [-0.4, -0.2) is 23.6 Å². The van der Waals surface area contributed by atoms with E-state index in [0.29, 0.717) is 11.1 Å². The van der Waals surface area contributed by atoms with Crippen LogP contribution < -0.4 is 10.8 Å². The topological polar surface area (TPSA) is 102 Å². The second-order valence-electron chi connectivity index (χ2n) is 5.80. The highest BCUT2D eigenvalue weighted by Crippen LogP contribution is 2.26. The van der Waals surface area contributed by atoms with Crippen molar-refractivity contribution in [3.8, 4) is 17.2 Å². The minimum atomic E-state index is -0.557. The Morgan fingerprint density at radius 2 is 1.88 bits per heavy atom. The van der Waals surface area contributed by atoms with Crippen LogP contribution in [0.4, 0.5) is 0 Å². The second-order valence-corrected chi connectivity index (χ2v) is 5.80. The van der Waals surface area contributed by atoms with E-state index >= 15 is 0 Å². The Morgan fingerprint density at radius 1 is 1.15 bits per heavy atom. The number of benzene rings is 2. The number of nitrogens with zero attached hydrogens (tertiary/aromatic N) is 1. The molecule has 0 saturated heterocycles. The zero-order valence-corrected chi connectivity index (χ0v) is 14.6. The molecule has 2 rings (SSSR count). The first kappa shape index (κ1) is 19.2. The van der Waals surface area contributed by atoms with Gasteiger partial charge >= 0.3 is 0 Å². The van der Waals surface area contributed by atoms with Gasteiger partial charge < -0.3 is 5.32 Å². The summed E-state index contributed by atoms with van der Waals surface area (Å²) in [6.45, 7) is 2.34. The summed E-state index contributed by atoms with van der Waals surface area (Å²) in [6, 6.07) is 15.1. The van der Waals surface area contributed by atoms with Gasteiger partial charge in [-0.2, -0.15) is 5.26 Å². The van der Waals surface area contributed by atoms with E-state index in [1.807, 2.05) is 30.3 Å². The van der Waals surface area contributed by atoms with E-state index in [0.717, 1.165) is 17.5 Å². The molecular weight excluding hydrogens is 330 g/mol. The van der Waals surface area contributed by atoms with E-state index < -0.39 is 5.91 Å². The van der Waals surface area contributed by atoms with Crippen molar-refractivity contribution in [3.63, 3.8) is 0 Å². The lowest BCUT2D eigenvalue weighted by atomic mass is 9.94. The number of nitriles is 1. The molecule has 2 amide bonds. The molecule has 0 aliphatic rings. The fourth-order valence-electron chi connectivity index (χ4n) is 2.63. The number of aryl methyl sites for hydroxylation is 1. The Bertz CT molecular complexity index is 823. The first-order valence-electron chi connectivity index (χ1n) is 8.39. The van der Waals surface area contributed by atoms with Gasteiger partial charge in [0.05, 0.1) is 18.9 Å². The lowest BCUT2D eigenvalue weighted by Gasteiger charge is -2.12. The Hall–Kier alpha value is -3.17. The highest BCUT2D eigenvalue weighted by Gasteiger charge is 2.13. The molecule has 0 aliphatic carbocycles. The third-order valence-corrected chi connectivity index (χ3v) is 4.04. The van der Waals surface area contributed by atoms with Crippen LogP contribution in [0, 0.1) is 11.3 Å². The molecule has 6 nitrogen and oxygen atoms in total. The van der Waals surface area contributed by atoms with Gasteiger partial charge in [-0.05, 0) is 40.8 Å². The van der Waals surface area contributed by atoms with Gasteiger partial charge in [0.25, 0.3) is 5.91 Å². The molecule has 0 atom stereocenters. The Morgan fingerprint density at radius 3 is 2.50 bits per heavy atom. The molecule has 2 aromatic carbocycles. The number of rotatable bonds is 7. The molecule has 0 aliphatic heterocycles. The van der Waals surface area contributed by atoms with Crippen LogP contribution in [0.1, 0.15) is 34.8 Å². The molecule has 0 bridgehead atoms. The molecular formula is C20H21N3O3. The average molecular weight is 351 g/mol. The molecule has 3 N–H and O–H groups in total. The predicted molar refractivity (Wildman–Crippen MR) is 97.5 cm³/mol. The maximum atomic E-state index is 12.2. The summed E-state index contributed by atoms with van der Waals surface area (Å²) in [5.41, 5.74) is 5.62. The molecule has 2 aromatic rings. The fourth-order valence-corrected chi connectivity index (χ4v) is 2.63. The molecule has 0 spiro atoms. The minimum Gasteiger partial charge on any atom is -0.351 e. The molecule has 0 aromatic heterocycles. The van der Waals surface area contributed by atoms with Crippen molar-refractivity contribution in [2.75, 3.05) is 6.54 Å². The summed E-state index contributed by atoms with van der Waals surface area (Å²) in [4.78, 5) is 23.8. The van der Waals surface area contributed by atoms with Gasteiger partial charge in [0.15, 0.2) is 0 Å². The molecule has 0 heterocycles. The van der Waals surface area contributed by atoms with Gasteiger partial charge in [-0.25, -0.2) is 5.48 Å². The van der Waals surface area contributed by atoms with Crippen LogP contribution in [0.2, 0.25) is 0 Å². The monoisotopic (exact) mass is 351 g/mol. The van der Waals surface area contributed by atoms with E-state index in [1.165, 1.54) is 5.56 Å². The van der Waals surface area contributed by atoms with Gasteiger partial charge in [-0.3, -0.25) is 14.8 Å². The maximum absolute atomic E-state index is 12.2. The molecule has 0 unspecified atom stereocenters. The van der Waals surface area contributed by atoms with E-state index in [-0.39, 0.29) is 25.3 Å². The molecule has 134 valence electrons. The standard InChI is InChI=1S/C20H21N3O3/c1-2-14-4-6-15(7-5-14)18-9-8-16(20(25)22-11-3-10-21)12-17(18)13-19(24)23-26/h4-9,12,26H,2-3,11,13H2,1H3,(H,22,25)(H,23,24). The quantitative estimate of drug-likeness (QED) is 0.405. The Labute approximate surface area is 152 Å². The first-order valence-corrected chi connectivity index (χ1v) is 8.39. The minimum absolute atomic E-state index is 0.0549. The lowest BCUT2D eigenvalue weighted by molar-refractivity contribution is -0.128. The SMILES string of the molecule is CCc1ccc(-c2ccc(C(=O)NCCC#N)cc2CC(=O)NO)cc1. The maximum Gasteiger partial charge on any atom is 0.251 e. The average Bonchev–Trinajstić information content (AvgIpc) is 2.68. The van der Waals surface area contributed by atoms with Crippen LogP contribution in [0.25, 0.3) is 11.1 Å². The molecule has 6 heteroatoms. The first-order chi connectivity index (χ1) is 12.6. The van der Waals surface area contributed by atoms with Crippen molar-refractivity contribution in [2.24, 2.45) is 0 Å². The third-order valence-electron chi connectivity index (χ3n) is 4.04. The molecule has 0 radical (unpaired) electrons. The Balaban J connectivity index is 2.35. The predicted octanol–water partition coefficient (Wildman–Crippen LogP) is 2.61.